The lowest BCUT2D eigenvalue weighted by Crippen LogP contribution is -2.38. The smallest absolute Gasteiger partial charge is 0.191 e. The van der Waals surface area contributed by atoms with E-state index in [1.807, 2.05) is 24.3 Å². The zero-order valence-corrected chi connectivity index (χ0v) is 15.4. The van der Waals surface area contributed by atoms with Crippen molar-refractivity contribution >= 4 is 16.9 Å². The molecule has 3 rings (SSSR count). The van der Waals surface area contributed by atoms with Gasteiger partial charge in [-0.25, -0.2) is 4.99 Å². The van der Waals surface area contributed by atoms with E-state index in [0.717, 1.165) is 36.8 Å². The number of para-hydroxylation sites is 1. The summed E-state index contributed by atoms with van der Waals surface area (Å²) in [7, 11) is 1.67. The van der Waals surface area contributed by atoms with Crippen LogP contribution in [0, 0.1) is 0 Å². The Hall–Kier alpha value is -2.95. The van der Waals surface area contributed by atoms with Gasteiger partial charge in [-0.1, -0.05) is 30.3 Å². The Morgan fingerprint density at radius 3 is 2.65 bits per heavy atom. The van der Waals surface area contributed by atoms with Crippen LogP contribution in [0.4, 0.5) is 0 Å². The summed E-state index contributed by atoms with van der Waals surface area (Å²) in [6.07, 6.45) is 3.03. The lowest BCUT2D eigenvalue weighted by Gasteiger charge is -2.11. The first kappa shape index (κ1) is 17.9. The molecule has 26 heavy (non-hydrogen) atoms. The van der Waals surface area contributed by atoms with Gasteiger partial charge < -0.3 is 20.4 Å². The molecular formula is C21H26N4O. The lowest BCUT2D eigenvalue weighted by atomic mass is 10.1. The largest absolute Gasteiger partial charge is 0.497 e. The van der Waals surface area contributed by atoms with Crippen LogP contribution in [0.2, 0.25) is 0 Å². The van der Waals surface area contributed by atoms with Crippen LogP contribution in [0.1, 0.15) is 18.1 Å². The second kappa shape index (κ2) is 8.94. The summed E-state index contributed by atoms with van der Waals surface area (Å²) >= 11 is 0. The number of aromatic amines is 1. The average Bonchev–Trinajstić information content (AvgIpc) is 3.10. The number of nitrogens with zero attached hydrogens (tertiary/aromatic N) is 1. The van der Waals surface area contributed by atoms with Crippen molar-refractivity contribution in [3.63, 3.8) is 0 Å². The number of ether oxygens (including phenoxy) is 1. The molecule has 0 aliphatic carbocycles. The molecule has 0 radical (unpaired) electrons. The number of H-pyrrole nitrogens is 1. The SMILES string of the molecule is CCNC(=NCc1ccc(OC)cc1)NCCc1c[nH]c2ccccc12. The first-order valence-electron chi connectivity index (χ1n) is 9.00. The number of fused-ring (bicyclic) bond motifs is 1. The predicted molar refractivity (Wildman–Crippen MR) is 108 cm³/mol. The van der Waals surface area contributed by atoms with Crippen LogP contribution in [0.15, 0.2) is 59.7 Å². The van der Waals surface area contributed by atoms with E-state index in [9.17, 15) is 0 Å². The monoisotopic (exact) mass is 350 g/mol. The number of aromatic nitrogens is 1. The zero-order chi connectivity index (χ0) is 18.2. The maximum absolute atomic E-state index is 5.19. The molecule has 0 fully saturated rings. The number of guanidine groups is 1. The topological polar surface area (TPSA) is 61.4 Å². The fraction of sp³-hybridized carbons (Fsp3) is 0.286. The van der Waals surface area contributed by atoms with E-state index >= 15 is 0 Å². The van der Waals surface area contributed by atoms with Crippen molar-refractivity contribution in [3.05, 3.63) is 65.9 Å². The molecule has 0 amide bonds. The molecule has 136 valence electrons. The molecule has 5 nitrogen and oxygen atoms in total. The van der Waals surface area contributed by atoms with Gasteiger partial charge >= 0.3 is 0 Å². The molecule has 3 aromatic rings. The normalized spacial score (nSPS) is 11.5. The quantitative estimate of drug-likeness (QED) is 0.452. The number of nitrogens with one attached hydrogen (secondary N) is 3. The van der Waals surface area contributed by atoms with Crippen LogP contribution < -0.4 is 15.4 Å². The highest BCUT2D eigenvalue weighted by Crippen LogP contribution is 2.17. The summed E-state index contributed by atoms with van der Waals surface area (Å²) in [6, 6.07) is 16.4. The van der Waals surface area contributed by atoms with E-state index in [1.165, 1.54) is 16.5 Å². The first-order chi connectivity index (χ1) is 12.8. The molecule has 0 aliphatic heterocycles. The molecule has 0 bridgehead atoms. The van der Waals surface area contributed by atoms with E-state index in [-0.39, 0.29) is 0 Å². The van der Waals surface area contributed by atoms with Crippen molar-refractivity contribution in [2.75, 3.05) is 20.2 Å². The van der Waals surface area contributed by atoms with Crippen molar-refractivity contribution in [1.29, 1.82) is 0 Å². The average molecular weight is 350 g/mol. The molecule has 0 aliphatic rings. The van der Waals surface area contributed by atoms with E-state index in [0.29, 0.717) is 6.54 Å². The summed E-state index contributed by atoms with van der Waals surface area (Å²) in [5, 5.41) is 8.00. The Morgan fingerprint density at radius 2 is 1.88 bits per heavy atom. The van der Waals surface area contributed by atoms with Gasteiger partial charge in [0.15, 0.2) is 5.96 Å². The van der Waals surface area contributed by atoms with Crippen molar-refractivity contribution in [2.24, 2.45) is 4.99 Å². The van der Waals surface area contributed by atoms with Gasteiger partial charge in [0.2, 0.25) is 0 Å². The fourth-order valence-electron chi connectivity index (χ4n) is 2.90. The summed E-state index contributed by atoms with van der Waals surface area (Å²) in [5.41, 5.74) is 3.65. The molecular weight excluding hydrogens is 324 g/mol. The van der Waals surface area contributed by atoms with Crippen molar-refractivity contribution in [3.8, 4) is 5.75 Å². The third-order valence-corrected chi connectivity index (χ3v) is 4.28. The van der Waals surface area contributed by atoms with Gasteiger partial charge in [-0.2, -0.15) is 0 Å². The first-order valence-corrected chi connectivity index (χ1v) is 9.00. The molecule has 3 N–H and O–H groups in total. The van der Waals surface area contributed by atoms with Crippen molar-refractivity contribution in [1.82, 2.24) is 15.6 Å². The molecule has 0 saturated heterocycles. The van der Waals surface area contributed by atoms with Crippen LogP contribution in [0.3, 0.4) is 0 Å². The van der Waals surface area contributed by atoms with Gasteiger partial charge in [0.05, 0.1) is 13.7 Å². The standard InChI is InChI=1S/C21H26N4O/c1-3-22-21(25-14-16-8-10-18(26-2)11-9-16)23-13-12-17-15-24-20-7-5-4-6-19(17)20/h4-11,15,24H,3,12-14H2,1-2H3,(H2,22,23,25). The Kier molecular flexibility index (Phi) is 6.14. The molecule has 1 aromatic heterocycles. The Morgan fingerprint density at radius 1 is 1.08 bits per heavy atom. The highest BCUT2D eigenvalue weighted by Gasteiger charge is 2.03. The van der Waals surface area contributed by atoms with E-state index < -0.39 is 0 Å². The minimum atomic E-state index is 0.631. The minimum absolute atomic E-state index is 0.631. The van der Waals surface area contributed by atoms with Crippen LogP contribution in [0.5, 0.6) is 5.75 Å². The van der Waals surface area contributed by atoms with Gasteiger partial charge in [0.1, 0.15) is 5.75 Å². The Labute approximate surface area is 154 Å². The number of aliphatic imine (C=N–C) groups is 1. The van der Waals surface area contributed by atoms with Crippen molar-refractivity contribution < 1.29 is 4.74 Å². The fourth-order valence-corrected chi connectivity index (χ4v) is 2.90. The Balaban J connectivity index is 1.57. The second-order valence-electron chi connectivity index (χ2n) is 6.08. The maximum Gasteiger partial charge on any atom is 0.191 e. The van der Waals surface area contributed by atoms with Gasteiger partial charge in [0, 0.05) is 30.2 Å². The van der Waals surface area contributed by atoms with Crippen molar-refractivity contribution in [2.45, 2.75) is 19.9 Å². The number of methoxy groups -OCH3 is 1. The number of rotatable bonds is 7. The molecule has 1 heterocycles. The molecule has 0 saturated carbocycles. The predicted octanol–water partition coefficient (Wildman–Crippen LogP) is 3.47. The van der Waals surface area contributed by atoms with Gasteiger partial charge in [0.25, 0.3) is 0 Å². The summed E-state index contributed by atoms with van der Waals surface area (Å²) < 4.78 is 5.19. The van der Waals surface area contributed by atoms with Crippen LogP contribution in [-0.4, -0.2) is 31.1 Å². The van der Waals surface area contributed by atoms with Gasteiger partial charge in [-0.3, -0.25) is 0 Å². The molecule has 2 aromatic carbocycles. The number of hydrogen-bond donors (Lipinski definition) is 3. The van der Waals surface area contributed by atoms with E-state index in [2.05, 4.69) is 58.0 Å². The highest BCUT2D eigenvalue weighted by atomic mass is 16.5. The van der Waals surface area contributed by atoms with Crippen LogP contribution >= 0.6 is 0 Å². The third-order valence-electron chi connectivity index (χ3n) is 4.28. The van der Waals surface area contributed by atoms with Gasteiger partial charge in [-0.05, 0) is 42.7 Å². The summed E-state index contributed by atoms with van der Waals surface area (Å²) in [6.45, 7) is 4.37. The molecule has 0 spiro atoms. The Bertz CT molecular complexity index is 852. The van der Waals surface area contributed by atoms with E-state index in [1.54, 1.807) is 7.11 Å². The number of benzene rings is 2. The third kappa shape index (κ3) is 4.57. The zero-order valence-electron chi connectivity index (χ0n) is 15.4. The highest BCUT2D eigenvalue weighted by molar-refractivity contribution is 5.83. The minimum Gasteiger partial charge on any atom is -0.497 e. The molecule has 5 heteroatoms. The van der Waals surface area contributed by atoms with Gasteiger partial charge in [-0.15, -0.1) is 0 Å². The molecule has 0 unspecified atom stereocenters. The van der Waals surface area contributed by atoms with Crippen LogP contribution in [0.25, 0.3) is 10.9 Å². The lowest BCUT2D eigenvalue weighted by molar-refractivity contribution is 0.414. The summed E-state index contributed by atoms with van der Waals surface area (Å²) in [4.78, 5) is 7.99. The second-order valence-corrected chi connectivity index (χ2v) is 6.08. The van der Waals surface area contributed by atoms with Crippen LogP contribution in [-0.2, 0) is 13.0 Å². The number of hydrogen-bond acceptors (Lipinski definition) is 2. The van der Waals surface area contributed by atoms with E-state index in [4.69, 9.17) is 4.74 Å². The maximum atomic E-state index is 5.19. The molecule has 0 atom stereocenters. The summed E-state index contributed by atoms with van der Waals surface area (Å²) in [5.74, 6) is 1.70.